The summed E-state index contributed by atoms with van der Waals surface area (Å²) in [4.78, 5) is 20.9. The molecule has 4 aliphatic rings. The molecule has 1 aromatic rings. The van der Waals surface area contributed by atoms with Crippen LogP contribution in [0.3, 0.4) is 0 Å². The Morgan fingerprint density at radius 2 is 2.00 bits per heavy atom. The van der Waals surface area contributed by atoms with E-state index in [0.717, 1.165) is 17.7 Å². The molecule has 2 N–H and O–H groups in total. The average molecular weight is 462 g/mol. The van der Waals surface area contributed by atoms with E-state index in [4.69, 9.17) is 21.3 Å². The number of amidine groups is 1. The fourth-order valence-electron chi connectivity index (χ4n) is 4.47. The Morgan fingerprint density at radius 3 is 2.79 bits per heavy atom. The maximum atomic E-state index is 11.4. The van der Waals surface area contributed by atoms with Crippen LogP contribution in [0.5, 0.6) is 0 Å². The van der Waals surface area contributed by atoms with Crippen LogP contribution in [0.15, 0.2) is 93.0 Å². The fraction of sp³-hybridized carbons (Fsp3) is 0.269. The molecule has 2 heterocycles. The first-order valence-corrected chi connectivity index (χ1v) is 11.4. The van der Waals surface area contributed by atoms with Crippen LogP contribution in [-0.4, -0.2) is 41.1 Å². The van der Waals surface area contributed by atoms with E-state index in [0.29, 0.717) is 23.0 Å². The fourth-order valence-corrected chi connectivity index (χ4v) is 4.80. The number of dihydropyridines is 1. The Bertz CT molecular complexity index is 1190. The number of nitrogens with one attached hydrogen (secondary N) is 1. The van der Waals surface area contributed by atoms with Gasteiger partial charge in [-0.25, -0.2) is 9.79 Å². The van der Waals surface area contributed by atoms with Gasteiger partial charge in [0.25, 0.3) is 6.02 Å². The van der Waals surface area contributed by atoms with Gasteiger partial charge in [0.15, 0.2) is 6.17 Å². The second-order valence-electron chi connectivity index (χ2n) is 8.49. The quantitative estimate of drug-likeness (QED) is 0.685. The number of benzene rings is 1. The molecule has 6 nitrogen and oxygen atoms in total. The average Bonchev–Trinajstić information content (AvgIpc) is 3.21. The number of aliphatic carboxylic acids is 1. The normalized spacial score (nSPS) is 28.3. The highest BCUT2D eigenvalue weighted by atomic mass is 35.5. The first-order chi connectivity index (χ1) is 16.0. The SMILES string of the molecule is CC1=C(C(=O)O)CC(OC2=NC3N=C(C4C=CC=C(c5ccccc5)C4)C(Cl)=CC3N2)C=C1. The molecule has 5 rings (SSSR count). The minimum Gasteiger partial charge on any atom is -0.478 e. The van der Waals surface area contributed by atoms with Crippen LogP contribution in [0.4, 0.5) is 0 Å². The Morgan fingerprint density at radius 1 is 1.18 bits per heavy atom. The van der Waals surface area contributed by atoms with E-state index in [9.17, 15) is 9.90 Å². The van der Waals surface area contributed by atoms with E-state index in [-0.39, 0.29) is 18.1 Å². The standard InChI is InChI=1S/C26H24ClN3O3/c1-15-10-11-19(13-20(15)25(31)32)33-26-28-22-14-21(27)23(29-24(22)30-26)18-9-5-8-17(12-18)16-6-3-2-4-7-16/h2-11,14,18-19,22,24H,12-13H2,1H3,(H,28,30)(H,31,32). The van der Waals surface area contributed by atoms with Gasteiger partial charge < -0.3 is 15.2 Å². The predicted octanol–water partition coefficient (Wildman–Crippen LogP) is 4.62. The van der Waals surface area contributed by atoms with Gasteiger partial charge >= 0.3 is 5.97 Å². The van der Waals surface area contributed by atoms with E-state index >= 15 is 0 Å². The lowest BCUT2D eigenvalue weighted by molar-refractivity contribution is -0.133. The van der Waals surface area contributed by atoms with Crippen molar-refractivity contribution in [1.82, 2.24) is 5.32 Å². The first kappa shape index (κ1) is 21.5. The summed E-state index contributed by atoms with van der Waals surface area (Å²) in [6.45, 7) is 1.79. The van der Waals surface area contributed by atoms with Crippen molar-refractivity contribution in [1.29, 1.82) is 0 Å². The number of carbonyl (C=O) groups is 1. The summed E-state index contributed by atoms with van der Waals surface area (Å²) < 4.78 is 5.95. The molecule has 0 radical (unpaired) electrons. The number of hydrogen-bond donors (Lipinski definition) is 2. The van der Waals surface area contributed by atoms with Crippen LogP contribution in [0.25, 0.3) is 5.57 Å². The zero-order valence-corrected chi connectivity index (χ0v) is 18.9. The van der Waals surface area contributed by atoms with Gasteiger partial charge in [-0.15, -0.1) is 0 Å². The van der Waals surface area contributed by atoms with Gasteiger partial charge in [-0.3, -0.25) is 4.99 Å². The Labute approximate surface area is 197 Å². The highest BCUT2D eigenvalue weighted by molar-refractivity contribution is 6.44. The van der Waals surface area contributed by atoms with Gasteiger partial charge in [-0.05, 0) is 42.2 Å². The van der Waals surface area contributed by atoms with Crippen molar-refractivity contribution in [3.8, 4) is 0 Å². The molecule has 0 fully saturated rings. The molecule has 168 valence electrons. The third-order valence-electron chi connectivity index (χ3n) is 6.24. The number of hydrogen-bond acceptors (Lipinski definition) is 5. The summed E-state index contributed by atoms with van der Waals surface area (Å²) in [6.07, 6.45) is 12.2. The summed E-state index contributed by atoms with van der Waals surface area (Å²) in [5.74, 6) is -0.851. The number of rotatable bonds is 4. The number of allylic oxidation sites excluding steroid dienone is 7. The molecule has 0 saturated heterocycles. The van der Waals surface area contributed by atoms with Gasteiger partial charge in [0.1, 0.15) is 6.10 Å². The van der Waals surface area contributed by atoms with Crippen LogP contribution < -0.4 is 5.32 Å². The Hall–Kier alpha value is -3.38. The van der Waals surface area contributed by atoms with Crippen LogP contribution in [0.1, 0.15) is 25.3 Å². The molecule has 33 heavy (non-hydrogen) atoms. The number of halogens is 1. The molecule has 1 aromatic carbocycles. The Kier molecular flexibility index (Phi) is 5.77. The van der Waals surface area contributed by atoms with E-state index in [2.05, 4.69) is 40.7 Å². The van der Waals surface area contributed by atoms with Gasteiger partial charge in [0.2, 0.25) is 0 Å². The monoisotopic (exact) mass is 461 g/mol. The second-order valence-corrected chi connectivity index (χ2v) is 8.89. The van der Waals surface area contributed by atoms with E-state index in [1.807, 2.05) is 30.4 Å². The van der Waals surface area contributed by atoms with E-state index in [1.165, 1.54) is 11.1 Å². The van der Waals surface area contributed by atoms with Crippen molar-refractivity contribution in [3.63, 3.8) is 0 Å². The van der Waals surface area contributed by atoms with Crippen LogP contribution >= 0.6 is 11.6 Å². The highest BCUT2D eigenvalue weighted by Gasteiger charge is 2.35. The Balaban J connectivity index is 1.29. The zero-order chi connectivity index (χ0) is 22.9. The van der Waals surface area contributed by atoms with Gasteiger partial charge in [-0.1, -0.05) is 66.2 Å². The van der Waals surface area contributed by atoms with Gasteiger partial charge in [0, 0.05) is 17.9 Å². The number of carboxylic acid groups (broad SMARTS) is 1. The lowest BCUT2D eigenvalue weighted by atomic mass is 9.86. The van der Waals surface area contributed by atoms with E-state index in [1.54, 1.807) is 13.0 Å². The topological polar surface area (TPSA) is 83.3 Å². The van der Waals surface area contributed by atoms with Gasteiger partial charge in [0.05, 0.1) is 16.8 Å². The lowest BCUT2D eigenvalue weighted by Crippen LogP contribution is -2.38. The lowest BCUT2D eigenvalue weighted by Gasteiger charge is -2.25. The molecule has 2 aliphatic carbocycles. The summed E-state index contributed by atoms with van der Waals surface area (Å²) >= 11 is 6.65. The molecule has 0 amide bonds. The van der Waals surface area contributed by atoms with Crippen LogP contribution in [-0.2, 0) is 9.53 Å². The molecular weight excluding hydrogens is 438 g/mol. The summed E-state index contributed by atoms with van der Waals surface area (Å²) in [6, 6.07) is 10.5. The maximum Gasteiger partial charge on any atom is 0.331 e. The molecule has 4 atom stereocenters. The largest absolute Gasteiger partial charge is 0.478 e. The number of ether oxygens (including phenoxy) is 1. The van der Waals surface area contributed by atoms with Gasteiger partial charge in [-0.2, -0.15) is 0 Å². The summed E-state index contributed by atoms with van der Waals surface area (Å²) in [5.41, 5.74) is 4.37. The molecular formula is C26H24ClN3O3. The van der Waals surface area contributed by atoms with Crippen molar-refractivity contribution < 1.29 is 14.6 Å². The molecule has 2 aliphatic heterocycles. The minimum absolute atomic E-state index is 0.0718. The third kappa shape index (κ3) is 4.44. The minimum atomic E-state index is -0.922. The number of carboxylic acids is 1. The molecule has 0 aromatic heterocycles. The molecule has 7 heteroatoms. The smallest absolute Gasteiger partial charge is 0.331 e. The van der Waals surface area contributed by atoms with Crippen LogP contribution in [0, 0.1) is 5.92 Å². The molecule has 0 spiro atoms. The molecule has 4 unspecified atom stereocenters. The van der Waals surface area contributed by atoms with E-state index < -0.39 is 12.1 Å². The number of nitrogens with zero attached hydrogens (tertiary/aromatic N) is 2. The third-order valence-corrected chi connectivity index (χ3v) is 6.56. The predicted molar refractivity (Wildman–Crippen MR) is 130 cm³/mol. The van der Waals surface area contributed by atoms with Crippen molar-refractivity contribution in [2.24, 2.45) is 15.9 Å². The summed E-state index contributed by atoms with van der Waals surface area (Å²) in [5, 5.41) is 13.2. The highest BCUT2D eigenvalue weighted by Crippen LogP contribution is 2.33. The maximum absolute atomic E-state index is 11.4. The summed E-state index contributed by atoms with van der Waals surface area (Å²) in [7, 11) is 0. The van der Waals surface area contributed by atoms with Crippen molar-refractivity contribution in [2.75, 3.05) is 0 Å². The number of aliphatic imine (C=N–C) groups is 2. The van der Waals surface area contributed by atoms with Crippen molar-refractivity contribution in [2.45, 2.75) is 38.1 Å². The van der Waals surface area contributed by atoms with Crippen LogP contribution in [0.2, 0.25) is 0 Å². The second kappa shape index (κ2) is 8.87. The first-order valence-electron chi connectivity index (χ1n) is 11.0. The zero-order valence-electron chi connectivity index (χ0n) is 18.1. The number of fused-ring (bicyclic) bond motifs is 1. The molecule has 0 bridgehead atoms. The van der Waals surface area contributed by atoms with Crippen molar-refractivity contribution >= 4 is 34.9 Å². The van der Waals surface area contributed by atoms with Crippen molar-refractivity contribution in [3.05, 3.63) is 88.5 Å². The molecule has 0 saturated carbocycles.